The van der Waals surface area contributed by atoms with Gasteiger partial charge in [0.2, 0.25) is 0 Å². The summed E-state index contributed by atoms with van der Waals surface area (Å²) in [6.07, 6.45) is 0.903. The van der Waals surface area contributed by atoms with E-state index in [1.165, 1.54) is 11.0 Å². The number of carbonyl (C=O) groups is 1. The van der Waals surface area contributed by atoms with E-state index >= 15 is 0 Å². The van der Waals surface area contributed by atoms with Gasteiger partial charge in [0.1, 0.15) is 17.9 Å². The van der Waals surface area contributed by atoms with Crippen LogP contribution >= 0.6 is 0 Å². The number of carboxylic acids is 1. The third kappa shape index (κ3) is 4.14. The zero-order valence-electron chi connectivity index (χ0n) is 9.70. The Morgan fingerprint density at radius 3 is 2.71 bits per heavy atom. The van der Waals surface area contributed by atoms with Gasteiger partial charge >= 0.3 is 5.97 Å². The summed E-state index contributed by atoms with van der Waals surface area (Å²) in [5.74, 6) is -1.45. The van der Waals surface area contributed by atoms with Crippen molar-refractivity contribution < 1.29 is 18.3 Å². The van der Waals surface area contributed by atoms with Gasteiger partial charge in [-0.1, -0.05) is 0 Å². The standard InChI is InChI=1S/C9H15N3O4S/c1-7(2)12-8(10-6-11-12)5-17(15,16)4-3-9(13)14/h6-7H,3-5H2,1-2H3,(H,13,14). The molecule has 1 aromatic rings. The van der Waals surface area contributed by atoms with Crippen molar-refractivity contribution in [2.24, 2.45) is 0 Å². The highest BCUT2D eigenvalue weighted by Crippen LogP contribution is 2.09. The summed E-state index contributed by atoms with van der Waals surface area (Å²) in [7, 11) is -3.46. The number of aromatic nitrogens is 3. The van der Waals surface area contributed by atoms with Crippen molar-refractivity contribution in [3.63, 3.8) is 0 Å². The molecule has 0 radical (unpaired) electrons. The first kappa shape index (κ1) is 13.6. The second-order valence-electron chi connectivity index (χ2n) is 3.95. The molecule has 96 valence electrons. The fourth-order valence-corrected chi connectivity index (χ4v) is 2.55. The van der Waals surface area contributed by atoms with E-state index in [2.05, 4.69) is 10.1 Å². The third-order valence-corrected chi connectivity index (χ3v) is 3.64. The van der Waals surface area contributed by atoms with E-state index in [9.17, 15) is 13.2 Å². The van der Waals surface area contributed by atoms with Crippen molar-refractivity contribution >= 4 is 15.8 Å². The lowest BCUT2D eigenvalue weighted by Gasteiger charge is -2.09. The Hall–Kier alpha value is -1.44. The molecule has 1 N–H and O–H groups in total. The van der Waals surface area contributed by atoms with E-state index in [0.717, 1.165) is 0 Å². The zero-order valence-corrected chi connectivity index (χ0v) is 10.5. The van der Waals surface area contributed by atoms with Crippen LogP contribution in [0.15, 0.2) is 6.33 Å². The Labute approximate surface area is 99.4 Å². The molecule has 8 heteroatoms. The quantitative estimate of drug-likeness (QED) is 0.787. The van der Waals surface area contributed by atoms with Crippen LogP contribution in [0.25, 0.3) is 0 Å². The molecule has 0 aliphatic rings. The van der Waals surface area contributed by atoms with Gasteiger partial charge < -0.3 is 5.11 Å². The number of carboxylic acid groups (broad SMARTS) is 1. The van der Waals surface area contributed by atoms with E-state index in [1.54, 1.807) is 0 Å². The molecular weight excluding hydrogens is 246 g/mol. The topological polar surface area (TPSA) is 102 Å². The summed E-state index contributed by atoms with van der Waals surface area (Å²) in [6, 6.07) is 0.0159. The Bertz CT molecular complexity index is 492. The average molecular weight is 261 g/mol. The number of nitrogens with zero attached hydrogens (tertiary/aromatic N) is 3. The smallest absolute Gasteiger partial charge is 0.304 e. The molecule has 1 rings (SSSR count). The predicted octanol–water partition coefficient (Wildman–Crippen LogP) is 0.248. The second-order valence-corrected chi connectivity index (χ2v) is 6.13. The fourth-order valence-electron chi connectivity index (χ4n) is 1.32. The summed E-state index contributed by atoms with van der Waals surface area (Å²) < 4.78 is 24.8. The molecule has 0 fully saturated rings. The highest BCUT2D eigenvalue weighted by atomic mass is 32.2. The maximum atomic E-state index is 11.6. The predicted molar refractivity (Wildman–Crippen MR) is 60.2 cm³/mol. The maximum Gasteiger partial charge on any atom is 0.304 e. The lowest BCUT2D eigenvalue weighted by atomic mass is 10.4. The van der Waals surface area contributed by atoms with Gasteiger partial charge in [0.25, 0.3) is 0 Å². The molecule has 0 aliphatic heterocycles. The fraction of sp³-hybridized carbons (Fsp3) is 0.667. The van der Waals surface area contributed by atoms with Crippen LogP contribution in [0.5, 0.6) is 0 Å². The van der Waals surface area contributed by atoms with Gasteiger partial charge in [-0.2, -0.15) is 5.10 Å². The minimum Gasteiger partial charge on any atom is -0.481 e. The summed E-state index contributed by atoms with van der Waals surface area (Å²) in [5, 5.41) is 12.4. The number of rotatable bonds is 6. The highest BCUT2D eigenvalue weighted by molar-refractivity contribution is 7.90. The molecule has 1 aromatic heterocycles. The molecule has 0 saturated carbocycles. The Morgan fingerprint density at radius 1 is 1.53 bits per heavy atom. The van der Waals surface area contributed by atoms with Gasteiger partial charge in [-0.15, -0.1) is 0 Å². The molecule has 0 atom stereocenters. The first-order valence-electron chi connectivity index (χ1n) is 5.12. The molecule has 0 amide bonds. The molecule has 0 aromatic carbocycles. The van der Waals surface area contributed by atoms with Gasteiger partial charge in [-0.25, -0.2) is 18.1 Å². The number of sulfone groups is 1. The van der Waals surface area contributed by atoms with E-state index in [1.807, 2.05) is 13.8 Å². The summed E-state index contributed by atoms with van der Waals surface area (Å²) >= 11 is 0. The molecule has 0 unspecified atom stereocenters. The van der Waals surface area contributed by atoms with E-state index in [-0.39, 0.29) is 17.5 Å². The molecule has 0 aliphatic carbocycles. The van der Waals surface area contributed by atoms with Gasteiger partial charge in [0.05, 0.1) is 12.2 Å². The third-order valence-electron chi connectivity index (χ3n) is 2.11. The van der Waals surface area contributed by atoms with Crippen LogP contribution in [-0.4, -0.2) is 40.0 Å². The highest BCUT2D eigenvalue weighted by Gasteiger charge is 2.18. The van der Waals surface area contributed by atoms with Crippen LogP contribution < -0.4 is 0 Å². The van der Waals surface area contributed by atoms with Gasteiger partial charge in [-0.05, 0) is 13.8 Å². The minimum atomic E-state index is -3.46. The van der Waals surface area contributed by atoms with Gasteiger partial charge in [0, 0.05) is 6.04 Å². The maximum absolute atomic E-state index is 11.6. The molecule has 0 bridgehead atoms. The zero-order chi connectivity index (χ0) is 13.1. The van der Waals surface area contributed by atoms with Crippen molar-refractivity contribution in [1.82, 2.24) is 14.8 Å². The Morgan fingerprint density at radius 2 is 2.18 bits per heavy atom. The monoisotopic (exact) mass is 261 g/mol. The number of hydrogen-bond donors (Lipinski definition) is 1. The first-order valence-corrected chi connectivity index (χ1v) is 6.94. The van der Waals surface area contributed by atoms with Crippen molar-refractivity contribution in [2.75, 3.05) is 5.75 Å². The van der Waals surface area contributed by atoms with Crippen molar-refractivity contribution in [3.8, 4) is 0 Å². The lowest BCUT2D eigenvalue weighted by Crippen LogP contribution is -2.17. The molecule has 1 heterocycles. The number of hydrogen-bond acceptors (Lipinski definition) is 5. The van der Waals surface area contributed by atoms with Crippen molar-refractivity contribution in [1.29, 1.82) is 0 Å². The van der Waals surface area contributed by atoms with Gasteiger partial charge in [-0.3, -0.25) is 4.79 Å². The molecule has 17 heavy (non-hydrogen) atoms. The lowest BCUT2D eigenvalue weighted by molar-refractivity contribution is -0.136. The minimum absolute atomic E-state index is 0.0159. The van der Waals surface area contributed by atoms with Crippen molar-refractivity contribution in [2.45, 2.75) is 32.1 Å². The van der Waals surface area contributed by atoms with Crippen LogP contribution in [0, 0.1) is 0 Å². The Balaban J connectivity index is 2.76. The molecule has 0 saturated heterocycles. The number of aliphatic carboxylic acids is 1. The van der Waals surface area contributed by atoms with E-state index < -0.39 is 22.2 Å². The largest absolute Gasteiger partial charge is 0.481 e. The van der Waals surface area contributed by atoms with E-state index in [4.69, 9.17) is 5.11 Å². The molecular formula is C9H15N3O4S. The normalized spacial score (nSPS) is 11.9. The first-order chi connectivity index (χ1) is 7.82. The molecule has 7 nitrogen and oxygen atoms in total. The van der Waals surface area contributed by atoms with E-state index in [0.29, 0.717) is 5.82 Å². The Kier molecular flexibility index (Phi) is 4.22. The summed E-state index contributed by atoms with van der Waals surface area (Å²) in [6.45, 7) is 3.73. The van der Waals surface area contributed by atoms with Crippen LogP contribution in [0.1, 0.15) is 32.1 Å². The van der Waals surface area contributed by atoms with Crippen LogP contribution in [-0.2, 0) is 20.4 Å². The average Bonchev–Trinajstić information content (AvgIpc) is 2.62. The van der Waals surface area contributed by atoms with Crippen molar-refractivity contribution in [3.05, 3.63) is 12.2 Å². The van der Waals surface area contributed by atoms with Crippen LogP contribution in [0.4, 0.5) is 0 Å². The SMILES string of the molecule is CC(C)n1ncnc1CS(=O)(=O)CCC(=O)O. The van der Waals surface area contributed by atoms with Crippen LogP contribution in [0.3, 0.4) is 0 Å². The summed E-state index contributed by atoms with van der Waals surface area (Å²) in [5.41, 5.74) is 0. The van der Waals surface area contributed by atoms with Crippen LogP contribution in [0.2, 0.25) is 0 Å². The van der Waals surface area contributed by atoms with Gasteiger partial charge in [0.15, 0.2) is 9.84 Å². The molecule has 0 spiro atoms. The summed E-state index contributed by atoms with van der Waals surface area (Å²) in [4.78, 5) is 14.2. The second kappa shape index (κ2) is 5.26.